The number of hydrogen-bond donors (Lipinski definition) is 2. The highest BCUT2D eigenvalue weighted by molar-refractivity contribution is 5.21. The first-order chi connectivity index (χ1) is 6.23. The van der Waals surface area contributed by atoms with Crippen LogP contribution >= 0.6 is 0 Å². The van der Waals surface area contributed by atoms with Gasteiger partial charge in [-0.1, -0.05) is 44.2 Å². The molecule has 0 aliphatic heterocycles. The van der Waals surface area contributed by atoms with E-state index in [1.165, 1.54) is 0 Å². The predicted octanol–water partition coefficient (Wildman–Crippen LogP) is 1.85. The summed E-state index contributed by atoms with van der Waals surface area (Å²) in [6.07, 6.45) is 0.671. The van der Waals surface area contributed by atoms with Crippen LogP contribution in [0.4, 0.5) is 0 Å². The van der Waals surface area contributed by atoms with Crippen molar-refractivity contribution < 1.29 is 5.11 Å². The van der Waals surface area contributed by atoms with Crippen LogP contribution in [0.3, 0.4) is 0 Å². The van der Waals surface area contributed by atoms with E-state index in [4.69, 9.17) is 0 Å². The molecule has 1 aromatic carbocycles. The topological polar surface area (TPSA) is 32.3 Å². The molecule has 0 heterocycles. The second-order valence-electron chi connectivity index (χ2n) is 3.11. The van der Waals surface area contributed by atoms with E-state index in [9.17, 15) is 5.11 Å². The van der Waals surface area contributed by atoms with Gasteiger partial charge in [-0.2, -0.15) is 0 Å². The van der Waals surface area contributed by atoms with Crippen LogP contribution in [0.25, 0.3) is 0 Å². The molecule has 0 spiro atoms. The highest BCUT2D eigenvalue weighted by atomic mass is 16.3. The van der Waals surface area contributed by atoms with E-state index in [1.54, 1.807) is 0 Å². The van der Waals surface area contributed by atoms with Gasteiger partial charge in [-0.25, -0.2) is 0 Å². The van der Waals surface area contributed by atoms with Crippen molar-refractivity contribution in [1.82, 2.24) is 5.32 Å². The van der Waals surface area contributed by atoms with E-state index in [-0.39, 0.29) is 0 Å². The Kier molecular flexibility index (Phi) is 3.46. The minimum absolute atomic E-state index is 0.671. The molecule has 0 amide bonds. The fourth-order valence-electron chi connectivity index (χ4n) is 1.44. The van der Waals surface area contributed by atoms with Gasteiger partial charge < -0.3 is 5.11 Å². The third-order valence-electron chi connectivity index (χ3n) is 2.23. The summed E-state index contributed by atoms with van der Waals surface area (Å²) in [6.45, 7) is 4.72. The average Bonchev–Trinajstić information content (AvgIpc) is 2.19. The Morgan fingerprint density at radius 1 is 1.23 bits per heavy atom. The lowest BCUT2D eigenvalue weighted by Crippen LogP contribution is -2.41. The van der Waals surface area contributed by atoms with E-state index >= 15 is 0 Å². The number of hydrogen-bond acceptors (Lipinski definition) is 2. The Hall–Kier alpha value is -0.860. The quantitative estimate of drug-likeness (QED) is 0.691. The number of nitrogens with one attached hydrogen (secondary N) is 1. The number of rotatable bonds is 4. The second kappa shape index (κ2) is 4.40. The third kappa shape index (κ3) is 2.29. The molecule has 0 aliphatic rings. The molecule has 0 aromatic heterocycles. The Morgan fingerprint density at radius 3 is 2.31 bits per heavy atom. The van der Waals surface area contributed by atoms with Gasteiger partial charge in [0.15, 0.2) is 0 Å². The van der Waals surface area contributed by atoms with Crippen LogP contribution in [0.2, 0.25) is 0 Å². The van der Waals surface area contributed by atoms with Gasteiger partial charge in [-0.15, -0.1) is 0 Å². The normalized spacial score (nSPS) is 15.3. The molecule has 2 N–H and O–H groups in total. The van der Waals surface area contributed by atoms with Gasteiger partial charge in [0.25, 0.3) is 0 Å². The molecule has 0 saturated heterocycles. The van der Waals surface area contributed by atoms with Gasteiger partial charge in [0.2, 0.25) is 0 Å². The lowest BCUT2D eigenvalue weighted by atomic mass is 10.0. The zero-order chi connectivity index (χ0) is 9.73. The molecule has 1 aromatic rings. The molecule has 0 bridgehead atoms. The summed E-state index contributed by atoms with van der Waals surface area (Å²) in [7, 11) is 0. The zero-order valence-corrected chi connectivity index (χ0v) is 8.25. The highest BCUT2D eigenvalue weighted by Crippen LogP contribution is 2.20. The maximum absolute atomic E-state index is 10.2. The van der Waals surface area contributed by atoms with Gasteiger partial charge >= 0.3 is 0 Å². The van der Waals surface area contributed by atoms with Crippen LogP contribution in [0.15, 0.2) is 30.3 Å². The van der Waals surface area contributed by atoms with Crippen LogP contribution in [-0.2, 0) is 5.72 Å². The van der Waals surface area contributed by atoms with Gasteiger partial charge in [-0.3, -0.25) is 5.32 Å². The monoisotopic (exact) mass is 179 g/mol. The van der Waals surface area contributed by atoms with Crippen molar-refractivity contribution in [3.8, 4) is 0 Å². The fourth-order valence-corrected chi connectivity index (χ4v) is 1.44. The largest absolute Gasteiger partial charge is 0.372 e. The molecule has 72 valence electrons. The SMILES string of the molecule is CCNC(O)(CC)c1ccccc1. The molecular formula is C11H17NO. The maximum atomic E-state index is 10.2. The number of benzene rings is 1. The van der Waals surface area contributed by atoms with Crippen LogP contribution in [0, 0.1) is 0 Å². The van der Waals surface area contributed by atoms with Gasteiger partial charge in [0.05, 0.1) is 0 Å². The van der Waals surface area contributed by atoms with Crippen molar-refractivity contribution in [2.45, 2.75) is 26.0 Å². The summed E-state index contributed by atoms with van der Waals surface area (Å²) in [6, 6.07) is 9.70. The molecule has 1 rings (SSSR count). The predicted molar refractivity (Wildman–Crippen MR) is 54.3 cm³/mol. The maximum Gasteiger partial charge on any atom is 0.141 e. The van der Waals surface area contributed by atoms with Crippen molar-refractivity contribution in [2.75, 3.05) is 6.54 Å². The van der Waals surface area contributed by atoms with Crippen molar-refractivity contribution >= 4 is 0 Å². The van der Waals surface area contributed by atoms with Crippen molar-refractivity contribution in [3.05, 3.63) is 35.9 Å². The van der Waals surface area contributed by atoms with Crippen LogP contribution in [0.5, 0.6) is 0 Å². The second-order valence-corrected chi connectivity index (χ2v) is 3.11. The minimum atomic E-state index is -0.865. The average molecular weight is 179 g/mol. The Labute approximate surface area is 79.6 Å². The summed E-state index contributed by atoms with van der Waals surface area (Å²) in [5.74, 6) is 0. The fraction of sp³-hybridized carbons (Fsp3) is 0.455. The lowest BCUT2D eigenvalue weighted by molar-refractivity contribution is -0.00185. The zero-order valence-electron chi connectivity index (χ0n) is 8.25. The summed E-state index contributed by atoms with van der Waals surface area (Å²) < 4.78 is 0. The summed E-state index contributed by atoms with van der Waals surface area (Å²) in [4.78, 5) is 0. The first-order valence-corrected chi connectivity index (χ1v) is 4.76. The van der Waals surface area contributed by atoms with Gasteiger partial charge in [-0.05, 0) is 18.5 Å². The van der Waals surface area contributed by atoms with Crippen LogP contribution in [0.1, 0.15) is 25.8 Å². The molecule has 1 atom stereocenters. The van der Waals surface area contributed by atoms with E-state index < -0.39 is 5.72 Å². The van der Waals surface area contributed by atoms with E-state index in [0.717, 1.165) is 12.1 Å². The smallest absolute Gasteiger partial charge is 0.141 e. The lowest BCUT2D eigenvalue weighted by Gasteiger charge is -2.28. The summed E-state index contributed by atoms with van der Waals surface area (Å²) in [5.41, 5.74) is 0.0649. The molecule has 0 fully saturated rings. The third-order valence-corrected chi connectivity index (χ3v) is 2.23. The van der Waals surface area contributed by atoms with Gasteiger partial charge in [0, 0.05) is 0 Å². The summed E-state index contributed by atoms with van der Waals surface area (Å²) in [5, 5.41) is 13.3. The molecule has 2 heteroatoms. The van der Waals surface area contributed by atoms with Crippen molar-refractivity contribution in [2.24, 2.45) is 0 Å². The first kappa shape index (κ1) is 10.2. The first-order valence-electron chi connectivity index (χ1n) is 4.76. The molecule has 13 heavy (non-hydrogen) atoms. The van der Waals surface area contributed by atoms with Crippen molar-refractivity contribution in [3.63, 3.8) is 0 Å². The van der Waals surface area contributed by atoms with E-state index in [1.807, 2.05) is 44.2 Å². The molecule has 0 aliphatic carbocycles. The van der Waals surface area contributed by atoms with E-state index in [2.05, 4.69) is 5.32 Å². The number of aliphatic hydroxyl groups is 1. The highest BCUT2D eigenvalue weighted by Gasteiger charge is 2.24. The van der Waals surface area contributed by atoms with Crippen LogP contribution < -0.4 is 5.32 Å². The molecular weight excluding hydrogens is 162 g/mol. The molecule has 2 nitrogen and oxygen atoms in total. The summed E-state index contributed by atoms with van der Waals surface area (Å²) >= 11 is 0. The Bertz CT molecular complexity index is 248. The molecule has 0 saturated carbocycles. The standard InChI is InChI=1S/C11H17NO/c1-3-11(13,12-4-2)10-8-6-5-7-9-10/h5-9,12-13H,3-4H2,1-2H3. The van der Waals surface area contributed by atoms with E-state index in [0.29, 0.717) is 6.42 Å². The van der Waals surface area contributed by atoms with Crippen molar-refractivity contribution in [1.29, 1.82) is 0 Å². The Morgan fingerprint density at radius 2 is 1.85 bits per heavy atom. The molecule has 1 unspecified atom stereocenters. The van der Waals surface area contributed by atoms with Crippen LogP contribution in [-0.4, -0.2) is 11.7 Å². The Balaban J connectivity index is 2.89. The molecule has 0 radical (unpaired) electrons. The van der Waals surface area contributed by atoms with Gasteiger partial charge in [0.1, 0.15) is 5.72 Å². The minimum Gasteiger partial charge on any atom is -0.372 e.